The molecule has 0 aromatic carbocycles. The molecule has 0 aromatic rings. The Morgan fingerprint density at radius 3 is 1.05 bits per heavy atom. The number of hydrogen-bond acceptors (Lipinski definition) is 2. The van der Waals surface area contributed by atoms with Crippen molar-refractivity contribution in [2.75, 3.05) is 13.2 Å². The fourth-order valence-corrected chi connectivity index (χ4v) is 2.40. The van der Waals surface area contributed by atoms with Crippen molar-refractivity contribution in [3.05, 3.63) is 12.2 Å². The molecule has 0 spiro atoms. The molecule has 0 fully saturated rings. The van der Waals surface area contributed by atoms with Crippen molar-refractivity contribution in [2.24, 2.45) is 0 Å². The van der Waals surface area contributed by atoms with Crippen molar-refractivity contribution in [1.29, 1.82) is 0 Å². The zero-order valence-electron chi connectivity index (χ0n) is 13.4. The highest BCUT2D eigenvalue weighted by molar-refractivity contribution is 4.81. The molecule has 0 radical (unpaired) electrons. The second-order valence-electron chi connectivity index (χ2n) is 5.74. The molecule has 0 aliphatic rings. The number of aliphatic hydroxyl groups excluding tert-OH is 2. The predicted octanol–water partition coefficient (Wildman–Crippen LogP) is 4.99. The van der Waals surface area contributed by atoms with Crippen LogP contribution in [0.2, 0.25) is 0 Å². The van der Waals surface area contributed by atoms with Gasteiger partial charge < -0.3 is 10.2 Å². The van der Waals surface area contributed by atoms with Crippen LogP contribution >= 0.6 is 0 Å². The van der Waals surface area contributed by atoms with E-state index in [-0.39, 0.29) is 0 Å². The number of hydrogen-bond donors (Lipinski definition) is 2. The summed E-state index contributed by atoms with van der Waals surface area (Å²) in [5, 5.41) is 17.3. The highest BCUT2D eigenvalue weighted by atomic mass is 16.3. The van der Waals surface area contributed by atoms with Crippen LogP contribution in [0.25, 0.3) is 0 Å². The topological polar surface area (TPSA) is 40.5 Å². The monoisotopic (exact) mass is 284 g/mol. The van der Waals surface area contributed by atoms with E-state index in [1.54, 1.807) is 0 Å². The molecule has 0 amide bonds. The van der Waals surface area contributed by atoms with Crippen LogP contribution in [0.4, 0.5) is 0 Å². The molecule has 120 valence electrons. The van der Waals surface area contributed by atoms with E-state index in [9.17, 15) is 0 Å². The van der Waals surface area contributed by atoms with Gasteiger partial charge in [0.25, 0.3) is 0 Å². The van der Waals surface area contributed by atoms with Gasteiger partial charge in [-0.05, 0) is 38.5 Å². The number of rotatable bonds is 16. The lowest BCUT2D eigenvalue weighted by molar-refractivity contribution is 0.282. The molecular formula is C18H36O2. The van der Waals surface area contributed by atoms with Crippen molar-refractivity contribution in [2.45, 2.75) is 89.9 Å². The molecule has 0 aliphatic heterocycles. The lowest BCUT2D eigenvalue weighted by Crippen LogP contribution is -1.84. The van der Waals surface area contributed by atoms with E-state index >= 15 is 0 Å². The Bertz CT molecular complexity index is 190. The fraction of sp³-hybridized carbons (Fsp3) is 0.889. The van der Waals surface area contributed by atoms with E-state index in [0.717, 1.165) is 12.8 Å². The molecule has 0 unspecified atom stereocenters. The first-order valence-corrected chi connectivity index (χ1v) is 8.78. The predicted molar refractivity (Wildman–Crippen MR) is 87.9 cm³/mol. The second kappa shape index (κ2) is 18.7. The quantitative estimate of drug-likeness (QED) is 0.310. The summed E-state index contributed by atoms with van der Waals surface area (Å²) < 4.78 is 0. The molecule has 2 nitrogen and oxygen atoms in total. The molecule has 0 saturated carbocycles. The van der Waals surface area contributed by atoms with Crippen LogP contribution in [0.15, 0.2) is 12.2 Å². The maximum Gasteiger partial charge on any atom is 0.0431 e. The lowest BCUT2D eigenvalue weighted by Gasteiger charge is -2.00. The van der Waals surface area contributed by atoms with Gasteiger partial charge in [-0.1, -0.05) is 63.5 Å². The van der Waals surface area contributed by atoms with Crippen LogP contribution in [0, 0.1) is 0 Å². The van der Waals surface area contributed by atoms with Gasteiger partial charge in [0.15, 0.2) is 0 Å². The number of allylic oxidation sites excluding steroid dienone is 2. The van der Waals surface area contributed by atoms with Crippen molar-refractivity contribution in [1.82, 2.24) is 0 Å². The smallest absolute Gasteiger partial charge is 0.0431 e. The van der Waals surface area contributed by atoms with E-state index in [2.05, 4.69) is 12.2 Å². The number of aliphatic hydroxyl groups is 2. The first-order chi connectivity index (χ1) is 9.91. The summed E-state index contributed by atoms with van der Waals surface area (Å²) in [6, 6.07) is 0. The molecule has 0 heterocycles. The van der Waals surface area contributed by atoms with Crippen LogP contribution in [0.1, 0.15) is 89.9 Å². The molecule has 0 rings (SSSR count). The van der Waals surface area contributed by atoms with E-state index in [4.69, 9.17) is 10.2 Å². The lowest BCUT2D eigenvalue weighted by atomic mass is 10.1. The average Bonchev–Trinajstić information content (AvgIpc) is 2.47. The van der Waals surface area contributed by atoms with Crippen molar-refractivity contribution in [3.63, 3.8) is 0 Å². The first-order valence-electron chi connectivity index (χ1n) is 8.78. The van der Waals surface area contributed by atoms with Gasteiger partial charge in [-0.25, -0.2) is 0 Å². The van der Waals surface area contributed by atoms with Crippen LogP contribution < -0.4 is 0 Å². The van der Waals surface area contributed by atoms with Crippen molar-refractivity contribution < 1.29 is 10.2 Å². The van der Waals surface area contributed by atoms with E-state index in [0.29, 0.717) is 13.2 Å². The Morgan fingerprint density at radius 2 is 0.700 bits per heavy atom. The summed E-state index contributed by atoms with van der Waals surface area (Å²) in [7, 11) is 0. The SMILES string of the molecule is OCCCCCCC=CCCCCCCCCCCO. The summed E-state index contributed by atoms with van der Waals surface area (Å²) in [5.41, 5.74) is 0. The summed E-state index contributed by atoms with van der Waals surface area (Å²) in [6.07, 6.45) is 22.0. The summed E-state index contributed by atoms with van der Waals surface area (Å²) >= 11 is 0. The molecule has 0 aliphatic carbocycles. The van der Waals surface area contributed by atoms with Gasteiger partial charge >= 0.3 is 0 Å². The molecule has 0 aromatic heterocycles. The van der Waals surface area contributed by atoms with Gasteiger partial charge in [-0.15, -0.1) is 0 Å². The molecular weight excluding hydrogens is 248 g/mol. The highest BCUT2D eigenvalue weighted by Gasteiger charge is 1.91. The zero-order chi connectivity index (χ0) is 14.7. The Labute approximate surface area is 126 Å². The Morgan fingerprint density at radius 1 is 0.400 bits per heavy atom. The zero-order valence-corrected chi connectivity index (χ0v) is 13.4. The maximum atomic E-state index is 8.67. The second-order valence-corrected chi connectivity index (χ2v) is 5.74. The summed E-state index contributed by atoms with van der Waals surface area (Å²) in [6.45, 7) is 0.699. The van der Waals surface area contributed by atoms with Gasteiger partial charge in [0, 0.05) is 13.2 Å². The third kappa shape index (κ3) is 17.7. The van der Waals surface area contributed by atoms with E-state index in [1.807, 2.05) is 0 Å². The van der Waals surface area contributed by atoms with Gasteiger partial charge in [-0.2, -0.15) is 0 Å². The van der Waals surface area contributed by atoms with Gasteiger partial charge in [0.2, 0.25) is 0 Å². The third-order valence-electron chi connectivity index (χ3n) is 3.72. The van der Waals surface area contributed by atoms with Crippen molar-refractivity contribution in [3.8, 4) is 0 Å². The normalized spacial score (nSPS) is 11.5. The van der Waals surface area contributed by atoms with Crippen LogP contribution in [-0.4, -0.2) is 23.4 Å². The van der Waals surface area contributed by atoms with Gasteiger partial charge in [0.1, 0.15) is 0 Å². The van der Waals surface area contributed by atoms with Crippen LogP contribution in [-0.2, 0) is 0 Å². The maximum absolute atomic E-state index is 8.67. The van der Waals surface area contributed by atoms with Crippen molar-refractivity contribution >= 4 is 0 Å². The molecule has 2 heteroatoms. The highest BCUT2D eigenvalue weighted by Crippen LogP contribution is 2.10. The van der Waals surface area contributed by atoms with Crippen LogP contribution in [0.3, 0.4) is 0 Å². The molecule has 0 atom stereocenters. The third-order valence-corrected chi connectivity index (χ3v) is 3.72. The largest absolute Gasteiger partial charge is 0.396 e. The fourth-order valence-electron chi connectivity index (χ4n) is 2.40. The van der Waals surface area contributed by atoms with Crippen LogP contribution in [0.5, 0.6) is 0 Å². The standard InChI is InChI=1S/C18H36O2/c19-17-15-13-11-9-7-5-3-1-2-4-6-8-10-12-14-16-18-20/h3,5,19-20H,1-2,4,6-18H2. The molecule has 2 N–H and O–H groups in total. The van der Waals surface area contributed by atoms with Gasteiger partial charge in [0.05, 0.1) is 0 Å². The van der Waals surface area contributed by atoms with Gasteiger partial charge in [-0.3, -0.25) is 0 Å². The number of unbranched alkanes of at least 4 members (excludes halogenated alkanes) is 12. The Kier molecular flexibility index (Phi) is 18.3. The summed E-state index contributed by atoms with van der Waals surface area (Å²) in [5.74, 6) is 0. The molecule has 20 heavy (non-hydrogen) atoms. The minimum absolute atomic E-state index is 0.345. The minimum atomic E-state index is 0.345. The Hall–Kier alpha value is -0.340. The Balaban J connectivity index is 3.01. The summed E-state index contributed by atoms with van der Waals surface area (Å²) in [4.78, 5) is 0. The first kappa shape index (κ1) is 19.7. The van der Waals surface area contributed by atoms with E-state index in [1.165, 1.54) is 77.0 Å². The molecule has 0 saturated heterocycles. The molecule has 0 bridgehead atoms. The average molecular weight is 284 g/mol. The minimum Gasteiger partial charge on any atom is -0.396 e. The van der Waals surface area contributed by atoms with E-state index < -0.39 is 0 Å².